The average Bonchev–Trinajstić information content (AvgIpc) is 2.74. The van der Waals surface area contributed by atoms with E-state index in [0.717, 1.165) is 10.0 Å². The Labute approximate surface area is 184 Å². The van der Waals surface area contributed by atoms with Crippen LogP contribution in [0.15, 0.2) is 65.4 Å². The summed E-state index contributed by atoms with van der Waals surface area (Å²) in [6, 6.07) is 14.4. The Hall–Kier alpha value is -3.06. The lowest BCUT2D eigenvalue weighted by Crippen LogP contribution is -2.15. The molecule has 0 bridgehead atoms. The van der Waals surface area contributed by atoms with Crippen LogP contribution in [-0.4, -0.2) is 24.1 Å². The molecular weight excluding hydrogens is 448 g/mol. The molecule has 2 aromatic carbocycles. The fraction of sp³-hybridized carbons (Fsp3) is 0.217. The minimum Gasteiger partial charge on any atom is -0.490 e. The lowest BCUT2D eigenvalue weighted by molar-refractivity contribution is -0.115. The van der Waals surface area contributed by atoms with E-state index in [2.05, 4.69) is 26.2 Å². The monoisotopic (exact) mass is 470 g/mol. The van der Waals surface area contributed by atoms with E-state index in [1.165, 1.54) is 0 Å². The van der Waals surface area contributed by atoms with Crippen LogP contribution < -0.4 is 19.5 Å². The van der Waals surface area contributed by atoms with Gasteiger partial charge in [0.2, 0.25) is 5.91 Å². The first-order valence-corrected chi connectivity index (χ1v) is 10.4. The predicted octanol–water partition coefficient (Wildman–Crippen LogP) is 5.62. The number of hydrogen-bond donors (Lipinski definition) is 1. The van der Waals surface area contributed by atoms with Crippen molar-refractivity contribution >= 4 is 27.5 Å². The lowest BCUT2D eigenvalue weighted by Gasteiger charge is -2.14. The number of rotatable bonds is 9. The van der Waals surface area contributed by atoms with Crippen LogP contribution in [0.1, 0.15) is 19.4 Å². The third kappa shape index (κ3) is 5.97. The SMILES string of the molecule is CCOc1cc(Br)c(CC(=O)Nc2ccc(Oc3ccncc3)cc2)cc1OCC. The molecule has 0 saturated heterocycles. The molecule has 0 atom stereocenters. The summed E-state index contributed by atoms with van der Waals surface area (Å²) in [5, 5.41) is 2.90. The second kappa shape index (κ2) is 10.6. The van der Waals surface area contributed by atoms with Gasteiger partial charge in [-0.1, -0.05) is 15.9 Å². The quantitative estimate of drug-likeness (QED) is 0.439. The number of aromatic nitrogens is 1. The zero-order valence-corrected chi connectivity index (χ0v) is 18.4. The molecule has 1 heterocycles. The van der Waals surface area contributed by atoms with E-state index in [4.69, 9.17) is 14.2 Å². The first kappa shape index (κ1) is 21.6. The van der Waals surface area contributed by atoms with Crippen LogP contribution in [-0.2, 0) is 11.2 Å². The molecule has 0 radical (unpaired) electrons. The van der Waals surface area contributed by atoms with Crippen molar-refractivity contribution in [3.8, 4) is 23.0 Å². The molecule has 0 aliphatic heterocycles. The number of pyridine rings is 1. The molecular formula is C23H23BrN2O4. The summed E-state index contributed by atoms with van der Waals surface area (Å²) in [6.45, 7) is 4.87. The fourth-order valence-corrected chi connectivity index (χ4v) is 3.24. The van der Waals surface area contributed by atoms with Gasteiger partial charge in [-0.25, -0.2) is 0 Å². The van der Waals surface area contributed by atoms with E-state index in [-0.39, 0.29) is 12.3 Å². The maximum Gasteiger partial charge on any atom is 0.228 e. The summed E-state index contributed by atoms with van der Waals surface area (Å²) < 4.78 is 17.8. The van der Waals surface area contributed by atoms with Crippen LogP contribution in [0.5, 0.6) is 23.0 Å². The molecule has 7 heteroatoms. The second-order valence-electron chi connectivity index (χ2n) is 6.29. The molecule has 0 spiro atoms. The standard InChI is InChI=1S/C23H23BrN2O4/c1-3-28-21-13-16(20(24)15-22(21)29-4-2)14-23(27)26-17-5-7-18(8-6-17)30-19-9-11-25-12-10-19/h5-13,15H,3-4,14H2,1-2H3,(H,26,27). The molecule has 1 amide bonds. The highest BCUT2D eigenvalue weighted by molar-refractivity contribution is 9.10. The van der Waals surface area contributed by atoms with Crippen LogP contribution in [0, 0.1) is 0 Å². The Morgan fingerprint density at radius 1 is 0.933 bits per heavy atom. The Morgan fingerprint density at radius 2 is 1.53 bits per heavy atom. The van der Waals surface area contributed by atoms with Crippen LogP contribution in [0.3, 0.4) is 0 Å². The number of ether oxygens (including phenoxy) is 3. The molecule has 3 rings (SSSR count). The zero-order chi connectivity index (χ0) is 21.3. The predicted molar refractivity (Wildman–Crippen MR) is 120 cm³/mol. The van der Waals surface area contributed by atoms with Gasteiger partial charge in [-0.3, -0.25) is 9.78 Å². The van der Waals surface area contributed by atoms with Crippen molar-refractivity contribution in [2.24, 2.45) is 0 Å². The number of hydrogen-bond acceptors (Lipinski definition) is 5. The minimum absolute atomic E-state index is 0.134. The van der Waals surface area contributed by atoms with Crippen LogP contribution in [0.25, 0.3) is 0 Å². The van der Waals surface area contributed by atoms with Crippen LogP contribution in [0.4, 0.5) is 5.69 Å². The smallest absolute Gasteiger partial charge is 0.228 e. The van der Waals surface area contributed by atoms with Crippen molar-refractivity contribution in [2.45, 2.75) is 20.3 Å². The van der Waals surface area contributed by atoms with E-state index in [1.54, 1.807) is 48.8 Å². The second-order valence-corrected chi connectivity index (χ2v) is 7.15. The molecule has 1 N–H and O–H groups in total. The number of halogens is 1. The molecule has 0 aliphatic rings. The molecule has 156 valence electrons. The summed E-state index contributed by atoms with van der Waals surface area (Å²) in [5.41, 5.74) is 1.51. The van der Waals surface area contributed by atoms with Crippen molar-refractivity contribution in [3.05, 3.63) is 71.0 Å². The molecule has 6 nitrogen and oxygen atoms in total. The van der Waals surface area contributed by atoms with Gasteiger partial charge in [0.25, 0.3) is 0 Å². The Morgan fingerprint density at radius 3 is 2.17 bits per heavy atom. The topological polar surface area (TPSA) is 69.7 Å². The van der Waals surface area contributed by atoms with Crippen LogP contribution >= 0.6 is 15.9 Å². The van der Waals surface area contributed by atoms with E-state index in [9.17, 15) is 4.79 Å². The normalized spacial score (nSPS) is 10.4. The molecule has 0 fully saturated rings. The van der Waals surface area contributed by atoms with Gasteiger partial charge in [0, 0.05) is 22.6 Å². The number of nitrogens with zero attached hydrogens (tertiary/aromatic N) is 1. The average molecular weight is 471 g/mol. The molecule has 3 aromatic rings. The van der Waals surface area contributed by atoms with E-state index in [1.807, 2.05) is 26.0 Å². The number of amides is 1. The molecule has 0 unspecified atom stereocenters. The summed E-state index contributed by atoms with van der Waals surface area (Å²) in [4.78, 5) is 16.5. The van der Waals surface area contributed by atoms with Gasteiger partial charge >= 0.3 is 0 Å². The minimum atomic E-state index is -0.134. The van der Waals surface area contributed by atoms with Crippen molar-refractivity contribution in [2.75, 3.05) is 18.5 Å². The van der Waals surface area contributed by atoms with Gasteiger partial charge in [0.1, 0.15) is 11.5 Å². The lowest BCUT2D eigenvalue weighted by atomic mass is 10.1. The maximum absolute atomic E-state index is 12.5. The fourth-order valence-electron chi connectivity index (χ4n) is 2.78. The van der Waals surface area contributed by atoms with Gasteiger partial charge in [0.15, 0.2) is 11.5 Å². The van der Waals surface area contributed by atoms with Crippen molar-refractivity contribution in [1.29, 1.82) is 0 Å². The molecule has 0 saturated carbocycles. The van der Waals surface area contributed by atoms with Gasteiger partial charge in [-0.15, -0.1) is 0 Å². The first-order chi connectivity index (χ1) is 14.6. The molecule has 1 aromatic heterocycles. The van der Waals surface area contributed by atoms with E-state index >= 15 is 0 Å². The van der Waals surface area contributed by atoms with Gasteiger partial charge in [-0.05, 0) is 67.9 Å². The highest BCUT2D eigenvalue weighted by Gasteiger charge is 2.14. The summed E-state index contributed by atoms with van der Waals surface area (Å²) in [7, 11) is 0. The van der Waals surface area contributed by atoms with Gasteiger partial charge in [-0.2, -0.15) is 0 Å². The number of carbonyl (C=O) groups excluding carboxylic acids is 1. The Bertz CT molecular complexity index is 978. The summed E-state index contributed by atoms with van der Waals surface area (Å²) in [5.74, 6) is 2.52. The highest BCUT2D eigenvalue weighted by Crippen LogP contribution is 2.34. The van der Waals surface area contributed by atoms with Crippen molar-refractivity contribution in [3.63, 3.8) is 0 Å². The van der Waals surface area contributed by atoms with Crippen LogP contribution in [0.2, 0.25) is 0 Å². The highest BCUT2D eigenvalue weighted by atomic mass is 79.9. The maximum atomic E-state index is 12.5. The third-order valence-electron chi connectivity index (χ3n) is 4.09. The van der Waals surface area contributed by atoms with Crippen molar-refractivity contribution < 1.29 is 19.0 Å². The number of benzene rings is 2. The zero-order valence-electron chi connectivity index (χ0n) is 16.9. The third-order valence-corrected chi connectivity index (χ3v) is 4.83. The number of nitrogens with one attached hydrogen (secondary N) is 1. The van der Waals surface area contributed by atoms with E-state index in [0.29, 0.717) is 41.9 Å². The Kier molecular flexibility index (Phi) is 7.68. The first-order valence-electron chi connectivity index (χ1n) is 9.64. The van der Waals surface area contributed by atoms with E-state index < -0.39 is 0 Å². The van der Waals surface area contributed by atoms with Gasteiger partial charge in [0.05, 0.1) is 19.6 Å². The largest absolute Gasteiger partial charge is 0.490 e. The summed E-state index contributed by atoms with van der Waals surface area (Å²) in [6.07, 6.45) is 3.53. The summed E-state index contributed by atoms with van der Waals surface area (Å²) >= 11 is 3.52. The Balaban J connectivity index is 1.64. The van der Waals surface area contributed by atoms with Gasteiger partial charge < -0.3 is 19.5 Å². The number of anilines is 1. The van der Waals surface area contributed by atoms with Crippen molar-refractivity contribution in [1.82, 2.24) is 4.98 Å². The molecule has 0 aliphatic carbocycles. The molecule has 30 heavy (non-hydrogen) atoms. The number of carbonyl (C=O) groups is 1.